The number of imidazole rings is 1. The zero-order valence-electron chi connectivity index (χ0n) is 17.2. The molecule has 0 spiro atoms. The molecule has 2 fully saturated rings. The second-order valence-corrected chi connectivity index (χ2v) is 10.1. The van der Waals surface area contributed by atoms with Crippen molar-refractivity contribution in [3.8, 4) is 0 Å². The van der Waals surface area contributed by atoms with E-state index in [4.69, 9.17) is 19.5 Å². The van der Waals surface area contributed by atoms with Gasteiger partial charge in [0.1, 0.15) is 18.3 Å². The highest BCUT2D eigenvalue weighted by atomic mass is 32.2. The summed E-state index contributed by atoms with van der Waals surface area (Å²) in [6.07, 6.45) is -2.76. The number of benzene rings is 1. The number of phosphoric acid groups is 1. The second kappa shape index (κ2) is 8.84. The van der Waals surface area contributed by atoms with E-state index < -0.39 is 37.9 Å². The molecule has 2 aromatic heterocycles. The van der Waals surface area contributed by atoms with Gasteiger partial charge in [-0.05, 0) is 18.4 Å². The van der Waals surface area contributed by atoms with E-state index >= 15 is 0 Å². The first-order valence-electron chi connectivity index (χ1n) is 10.2. The standard InChI is InChI=1S/C19H22N5O7PS/c20-18-22-15-12(16(26)23-18)21-19(33-8-4-7-10-5-2-1-3-6-10)24(15)17-13(25)14-11(30-17)9-29-32(27,28)31-14/h1-3,5-6,11,13-14,17,25H,4,7-9H2,(H,27,28)(H3,20,22,23,26)/p-1/t11?,13?,14-,17-/m1/s1. The summed E-state index contributed by atoms with van der Waals surface area (Å²) in [6, 6.07) is 10.0. The predicted octanol–water partition coefficient (Wildman–Crippen LogP) is 0.569. The lowest BCUT2D eigenvalue weighted by molar-refractivity contribution is -0.245. The summed E-state index contributed by atoms with van der Waals surface area (Å²) in [5, 5.41) is 11.2. The fraction of sp³-hybridized carbons (Fsp3) is 0.421. The van der Waals surface area contributed by atoms with Crippen molar-refractivity contribution in [2.45, 2.75) is 42.5 Å². The van der Waals surface area contributed by atoms with Crippen molar-refractivity contribution in [3.05, 3.63) is 46.2 Å². The molecule has 4 N–H and O–H groups in total. The van der Waals surface area contributed by atoms with E-state index in [-0.39, 0.29) is 23.7 Å². The van der Waals surface area contributed by atoms with Crippen molar-refractivity contribution in [1.29, 1.82) is 0 Å². The molecule has 0 bridgehead atoms. The summed E-state index contributed by atoms with van der Waals surface area (Å²) in [4.78, 5) is 35.1. The van der Waals surface area contributed by atoms with E-state index in [0.29, 0.717) is 10.9 Å². The fourth-order valence-electron chi connectivity index (χ4n) is 3.94. The van der Waals surface area contributed by atoms with Crippen molar-refractivity contribution in [3.63, 3.8) is 0 Å². The molecule has 12 nitrogen and oxygen atoms in total. The van der Waals surface area contributed by atoms with Gasteiger partial charge in [0, 0.05) is 5.75 Å². The number of aromatic amines is 1. The minimum absolute atomic E-state index is 0.0343. The van der Waals surface area contributed by atoms with Crippen molar-refractivity contribution < 1.29 is 28.3 Å². The average Bonchev–Trinajstić information content (AvgIpc) is 3.28. The molecule has 176 valence electrons. The first-order valence-corrected chi connectivity index (χ1v) is 12.7. The minimum atomic E-state index is -4.53. The molecule has 2 aliphatic rings. The Kier molecular flexibility index (Phi) is 6.04. The Morgan fingerprint density at radius 2 is 2.12 bits per heavy atom. The quantitative estimate of drug-likeness (QED) is 0.248. The number of nitrogens with two attached hydrogens (primary N) is 1. The van der Waals surface area contributed by atoms with Crippen LogP contribution in [-0.2, 0) is 24.8 Å². The molecular formula is C19H21N5O7PS-. The number of aryl methyl sites for hydroxylation is 1. The molecule has 2 saturated heterocycles. The molecule has 2 aliphatic heterocycles. The van der Waals surface area contributed by atoms with Gasteiger partial charge in [0.2, 0.25) is 5.95 Å². The van der Waals surface area contributed by atoms with Gasteiger partial charge in [-0.2, -0.15) is 4.98 Å². The number of phosphoric ester groups is 1. The highest BCUT2D eigenvalue weighted by molar-refractivity contribution is 7.99. The normalized spacial score (nSPS) is 29.4. The SMILES string of the molecule is Nc1nc2c(nc(SCCCc3ccccc3)n2[C@@H]2OC3COP(=O)([O-])O[C@H]3C2O)c(=O)[nH]1. The zero-order chi connectivity index (χ0) is 23.2. The Bertz CT molecular complexity index is 1270. The number of aliphatic hydroxyl groups is 1. The average molecular weight is 494 g/mol. The number of ether oxygens (including phenoxy) is 1. The third-order valence-electron chi connectivity index (χ3n) is 5.43. The summed E-state index contributed by atoms with van der Waals surface area (Å²) in [7, 11) is -4.53. The summed E-state index contributed by atoms with van der Waals surface area (Å²) in [6.45, 7) is -0.290. The minimum Gasteiger partial charge on any atom is -0.756 e. The monoisotopic (exact) mass is 494 g/mol. The molecule has 3 aromatic rings. The van der Waals surface area contributed by atoms with Crippen LogP contribution in [0.3, 0.4) is 0 Å². The van der Waals surface area contributed by atoms with E-state index in [1.165, 1.54) is 21.9 Å². The molecule has 0 amide bonds. The third kappa shape index (κ3) is 4.45. The molecule has 5 atom stereocenters. The number of aliphatic hydroxyl groups excluding tert-OH is 1. The van der Waals surface area contributed by atoms with E-state index in [9.17, 15) is 19.4 Å². The zero-order valence-corrected chi connectivity index (χ0v) is 18.9. The van der Waals surface area contributed by atoms with Crippen LogP contribution in [0.15, 0.2) is 40.3 Å². The molecule has 3 unspecified atom stereocenters. The van der Waals surface area contributed by atoms with Crippen LogP contribution in [0, 0.1) is 0 Å². The van der Waals surface area contributed by atoms with Crippen molar-refractivity contribution in [1.82, 2.24) is 19.5 Å². The lowest BCUT2D eigenvalue weighted by atomic mass is 10.1. The summed E-state index contributed by atoms with van der Waals surface area (Å²) in [5.74, 6) is 0.541. The molecule has 0 aliphatic carbocycles. The van der Waals surface area contributed by atoms with Crippen LogP contribution in [-0.4, -0.2) is 55.3 Å². The Balaban J connectivity index is 1.44. The Morgan fingerprint density at radius 1 is 1.33 bits per heavy atom. The molecule has 33 heavy (non-hydrogen) atoms. The number of rotatable bonds is 6. The van der Waals surface area contributed by atoms with E-state index in [1.54, 1.807) is 0 Å². The van der Waals surface area contributed by atoms with Gasteiger partial charge in [0.25, 0.3) is 13.4 Å². The number of nitrogens with one attached hydrogen (secondary N) is 1. The van der Waals surface area contributed by atoms with Gasteiger partial charge in [-0.25, -0.2) is 4.98 Å². The molecule has 0 saturated carbocycles. The van der Waals surface area contributed by atoms with Gasteiger partial charge in [0.05, 0.1) is 6.61 Å². The van der Waals surface area contributed by atoms with Gasteiger partial charge in [-0.15, -0.1) is 0 Å². The number of hydrogen-bond acceptors (Lipinski definition) is 11. The van der Waals surface area contributed by atoms with Gasteiger partial charge < -0.3 is 29.5 Å². The molecular weight excluding hydrogens is 473 g/mol. The predicted molar refractivity (Wildman–Crippen MR) is 116 cm³/mol. The van der Waals surface area contributed by atoms with Gasteiger partial charge in [-0.3, -0.25) is 18.9 Å². The van der Waals surface area contributed by atoms with Crippen molar-refractivity contribution in [2.75, 3.05) is 18.1 Å². The maximum Gasteiger partial charge on any atom is 0.280 e. The number of aromatic nitrogens is 4. The smallest absolute Gasteiger partial charge is 0.280 e. The highest BCUT2D eigenvalue weighted by Gasteiger charge is 2.51. The van der Waals surface area contributed by atoms with Crippen LogP contribution < -0.4 is 16.2 Å². The molecule has 0 radical (unpaired) electrons. The Hall–Kier alpha value is -2.25. The lowest BCUT2D eigenvalue weighted by Crippen LogP contribution is -2.41. The number of hydrogen-bond donors (Lipinski definition) is 3. The Labute approximate surface area is 191 Å². The summed E-state index contributed by atoms with van der Waals surface area (Å²) < 4.78 is 28.7. The highest BCUT2D eigenvalue weighted by Crippen LogP contribution is 2.50. The second-order valence-electron chi connectivity index (χ2n) is 7.69. The molecule has 1 aromatic carbocycles. The van der Waals surface area contributed by atoms with E-state index in [1.807, 2.05) is 30.3 Å². The van der Waals surface area contributed by atoms with E-state index in [0.717, 1.165) is 12.8 Å². The van der Waals surface area contributed by atoms with Gasteiger partial charge >= 0.3 is 0 Å². The molecule has 5 rings (SSSR count). The first kappa shape index (κ1) is 22.5. The van der Waals surface area contributed by atoms with Crippen LogP contribution in [0.4, 0.5) is 5.95 Å². The van der Waals surface area contributed by atoms with E-state index in [2.05, 4.69) is 15.0 Å². The topological polar surface area (TPSA) is 178 Å². The number of nitrogens with zero attached hydrogens (tertiary/aromatic N) is 3. The Morgan fingerprint density at radius 3 is 2.91 bits per heavy atom. The van der Waals surface area contributed by atoms with Crippen LogP contribution in [0.2, 0.25) is 0 Å². The molecule has 4 heterocycles. The third-order valence-corrected chi connectivity index (χ3v) is 7.44. The largest absolute Gasteiger partial charge is 0.756 e. The maximum absolute atomic E-state index is 12.4. The number of thioether (sulfide) groups is 1. The summed E-state index contributed by atoms with van der Waals surface area (Å²) >= 11 is 1.37. The number of anilines is 1. The number of fused-ring (bicyclic) bond motifs is 2. The van der Waals surface area contributed by atoms with Gasteiger partial charge in [0.15, 0.2) is 22.5 Å². The van der Waals surface area contributed by atoms with Crippen LogP contribution in [0.1, 0.15) is 18.2 Å². The van der Waals surface area contributed by atoms with Gasteiger partial charge in [-0.1, -0.05) is 42.1 Å². The van der Waals surface area contributed by atoms with Crippen LogP contribution in [0.25, 0.3) is 11.2 Å². The molecule has 14 heteroatoms. The fourth-order valence-corrected chi connectivity index (χ4v) is 5.84. The number of nitrogen functional groups attached to an aromatic ring is 1. The maximum atomic E-state index is 12.4. The van der Waals surface area contributed by atoms with Crippen LogP contribution in [0.5, 0.6) is 0 Å². The van der Waals surface area contributed by atoms with Crippen molar-refractivity contribution in [2.24, 2.45) is 0 Å². The first-order chi connectivity index (χ1) is 15.8. The lowest BCUT2D eigenvalue weighted by Gasteiger charge is -2.34. The number of H-pyrrole nitrogens is 1. The summed E-state index contributed by atoms with van der Waals surface area (Å²) in [5.41, 5.74) is 6.56. The van der Waals surface area contributed by atoms with Crippen LogP contribution >= 0.6 is 19.6 Å². The van der Waals surface area contributed by atoms with Crippen molar-refractivity contribution >= 4 is 36.7 Å².